The maximum atomic E-state index is 11.2. The second-order valence-corrected chi connectivity index (χ2v) is 6.23. The molecule has 1 aliphatic rings. The molecule has 138 valence electrons. The van der Waals surface area contributed by atoms with Crippen LogP contribution >= 0.6 is 0 Å². The molecule has 6 nitrogen and oxygen atoms in total. The van der Waals surface area contributed by atoms with Crippen molar-refractivity contribution in [2.24, 2.45) is 0 Å². The average molecular weight is 342 g/mol. The van der Waals surface area contributed by atoms with Gasteiger partial charge in [0.1, 0.15) is 6.10 Å². The summed E-state index contributed by atoms with van der Waals surface area (Å²) in [6.45, 7) is 1.60. The molecule has 0 aromatic heterocycles. The predicted octanol–water partition coefficient (Wildman–Crippen LogP) is 2.61. The molecular formula is C18H30O6. The molecule has 0 fully saturated rings. The normalized spacial score (nSPS) is 18.2. The molecule has 1 heterocycles. The maximum Gasteiger partial charge on any atom is 0.333 e. The van der Waals surface area contributed by atoms with Crippen LogP contribution in [0.4, 0.5) is 0 Å². The Morgan fingerprint density at radius 1 is 1.12 bits per heavy atom. The van der Waals surface area contributed by atoms with Gasteiger partial charge in [0.2, 0.25) is 6.29 Å². The van der Waals surface area contributed by atoms with Crippen LogP contribution < -0.4 is 0 Å². The van der Waals surface area contributed by atoms with Crippen molar-refractivity contribution in [2.45, 2.75) is 83.5 Å². The quantitative estimate of drug-likeness (QED) is 0.395. The van der Waals surface area contributed by atoms with E-state index in [0.717, 1.165) is 32.1 Å². The lowest BCUT2D eigenvalue weighted by Gasteiger charge is -2.19. The van der Waals surface area contributed by atoms with Gasteiger partial charge in [-0.15, -0.1) is 0 Å². The third-order valence-corrected chi connectivity index (χ3v) is 4.10. The molecule has 2 unspecified atom stereocenters. The van der Waals surface area contributed by atoms with Gasteiger partial charge in [0.05, 0.1) is 0 Å². The fourth-order valence-electron chi connectivity index (χ4n) is 2.84. The van der Waals surface area contributed by atoms with Crippen LogP contribution in [0, 0.1) is 0 Å². The molecule has 6 heteroatoms. The first kappa shape index (κ1) is 20.6. The van der Waals surface area contributed by atoms with E-state index in [4.69, 9.17) is 9.84 Å². The van der Waals surface area contributed by atoms with Crippen LogP contribution in [0.25, 0.3) is 0 Å². The fraction of sp³-hybridized carbons (Fsp3) is 0.778. The molecule has 0 spiro atoms. The first-order valence-electron chi connectivity index (χ1n) is 8.93. The highest BCUT2D eigenvalue weighted by atomic mass is 16.6. The molecule has 1 aliphatic heterocycles. The predicted molar refractivity (Wildman–Crippen MR) is 89.0 cm³/mol. The van der Waals surface area contributed by atoms with Crippen LogP contribution in [0.15, 0.2) is 11.6 Å². The topological polar surface area (TPSA) is 93.1 Å². The van der Waals surface area contributed by atoms with E-state index >= 15 is 0 Å². The number of aliphatic hydroxyl groups excluding tert-OH is 2. The van der Waals surface area contributed by atoms with Gasteiger partial charge in [-0.1, -0.05) is 44.9 Å². The third-order valence-electron chi connectivity index (χ3n) is 4.10. The summed E-state index contributed by atoms with van der Waals surface area (Å²) in [7, 11) is 0. The van der Waals surface area contributed by atoms with Gasteiger partial charge in [0.15, 0.2) is 0 Å². The van der Waals surface area contributed by atoms with Crippen molar-refractivity contribution in [1.29, 1.82) is 0 Å². The molecule has 0 saturated carbocycles. The molecule has 0 radical (unpaired) electrons. The minimum atomic E-state index is -1.30. The number of carbonyl (C=O) groups excluding carboxylic acids is 2. The van der Waals surface area contributed by atoms with Gasteiger partial charge in [-0.2, -0.15) is 0 Å². The molecule has 1 rings (SSSR count). The smallest absolute Gasteiger partial charge is 0.333 e. The second-order valence-electron chi connectivity index (χ2n) is 6.23. The Bertz CT molecular complexity index is 418. The zero-order valence-corrected chi connectivity index (χ0v) is 14.5. The lowest BCUT2D eigenvalue weighted by Crippen LogP contribution is -2.25. The molecule has 0 aromatic rings. The van der Waals surface area contributed by atoms with Crippen molar-refractivity contribution in [2.75, 3.05) is 6.61 Å². The van der Waals surface area contributed by atoms with E-state index < -0.39 is 24.3 Å². The molecule has 24 heavy (non-hydrogen) atoms. The van der Waals surface area contributed by atoms with Crippen molar-refractivity contribution < 1.29 is 29.3 Å². The highest BCUT2D eigenvalue weighted by molar-refractivity contribution is 5.86. The SMILES string of the molecule is CC(=O)OC(CCCCCCCCCCCO)C1=CC(=O)OC1O. The van der Waals surface area contributed by atoms with Gasteiger partial charge >= 0.3 is 11.9 Å². The standard InChI is InChI=1S/C18H30O6/c1-14(20)23-16(15-13-17(21)24-18(15)22)11-9-7-5-3-2-4-6-8-10-12-19/h13,16,18-19,22H,2-12H2,1H3. The van der Waals surface area contributed by atoms with E-state index in [0.29, 0.717) is 12.0 Å². The molecular weight excluding hydrogens is 312 g/mol. The van der Waals surface area contributed by atoms with Crippen LogP contribution in [-0.2, 0) is 19.1 Å². The number of esters is 2. The number of unbranched alkanes of at least 4 members (excludes halogenated alkanes) is 8. The summed E-state index contributed by atoms with van der Waals surface area (Å²) in [5.41, 5.74) is 0.332. The Kier molecular flexibility index (Phi) is 10.4. The number of aliphatic hydroxyl groups is 2. The van der Waals surface area contributed by atoms with Crippen molar-refractivity contribution in [3.8, 4) is 0 Å². The van der Waals surface area contributed by atoms with Gasteiger partial charge in [-0.05, 0) is 19.3 Å². The summed E-state index contributed by atoms with van der Waals surface area (Å²) in [5.74, 6) is -1.04. The van der Waals surface area contributed by atoms with Crippen molar-refractivity contribution in [1.82, 2.24) is 0 Å². The lowest BCUT2D eigenvalue weighted by molar-refractivity contribution is -0.153. The largest absolute Gasteiger partial charge is 0.458 e. The zero-order valence-electron chi connectivity index (χ0n) is 14.5. The Labute approximate surface area is 143 Å². The molecule has 0 aromatic carbocycles. The fourth-order valence-corrected chi connectivity index (χ4v) is 2.84. The zero-order chi connectivity index (χ0) is 17.8. The molecule has 2 N–H and O–H groups in total. The summed E-state index contributed by atoms with van der Waals surface area (Å²) in [5, 5.41) is 18.4. The Morgan fingerprint density at radius 3 is 2.12 bits per heavy atom. The Morgan fingerprint density at radius 2 is 1.67 bits per heavy atom. The van der Waals surface area contributed by atoms with E-state index in [2.05, 4.69) is 4.74 Å². The van der Waals surface area contributed by atoms with Gasteiger partial charge < -0.3 is 19.7 Å². The Hall–Kier alpha value is -1.40. The highest BCUT2D eigenvalue weighted by Gasteiger charge is 2.31. The van der Waals surface area contributed by atoms with Gasteiger partial charge in [0, 0.05) is 25.2 Å². The minimum absolute atomic E-state index is 0.283. The van der Waals surface area contributed by atoms with Gasteiger partial charge in [-0.25, -0.2) is 4.79 Å². The number of hydrogen-bond donors (Lipinski definition) is 2. The first-order valence-corrected chi connectivity index (χ1v) is 8.93. The van der Waals surface area contributed by atoms with E-state index in [9.17, 15) is 14.7 Å². The summed E-state index contributed by atoms with van der Waals surface area (Å²) < 4.78 is 9.87. The van der Waals surface area contributed by atoms with Crippen LogP contribution in [-0.4, -0.2) is 41.2 Å². The van der Waals surface area contributed by atoms with E-state index in [1.165, 1.54) is 38.7 Å². The van der Waals surface area contributed by atoms with Gasteiger partial charge in [-0.3, -0.25) is 4.79 Å². The summed E-state index contributed by atoms with van der Waals surface area (Å²) in [6, 6.07) is 0. The lowest BCUT2D eigenvalue weighted by atomic mass is 10.0. The number of cyclic esters (lactones) is 1. The van der Waals surface area contributed by atoms with Crippen molar-refractivity contribution in [3.63, 3.8) is 0 Å². The maximum absolute atomic E-state index is 11.2. The van der Waals surface area contributed by atoms with Crippen LogP contribution in [0.1, 0.15) is 71.1 Å². The van der Waals surface area contributed by atoms with E-state index in [1.807, 2.05) is 0 Å². The first-order chi connectivity index (χ1) is 11.5. The average Bonchev–Trinajstić information content (AvgIpc) is 2.86. The number of carbonyl (C=O) groups is 2. The molecule has 2 atom stereocenters. The summed E-state index contributed by atoms with van der Waals surface area (Å²) >= 11 is 0. The van der Waals surface area contributed by atoms with Crippen LogP contribution in [0.3, 0.4) is 0 Å². The number of rotatable bonds is 13. The number of ether oxygens (including phenoxy) is 2. The summed E-state index contributed by atoms with van der Waals surface area (Å²) in [4.78, 5) is 22.4. The molecule has 0 aliphatic carbocycles. The van der Waals surface area contributed by atoms with Crippen molar-refractivity contribution >= 4 is 11.9 Å². The summed E-state index contributed by atoms with van der Waals surface area (Å²) in [6.07, 6.45) is 9.63. The molecule has 0 amide bonds. The van der Waals surface area contributed by atoms with Gasteiger partial charge in [0.25, 0.3) is 0 Å². The Balaban J connectivity index is 2.18. The third kappa shape index (κ3) is 8.45. The minimum Gasteiger partial charge on any atom is -0.458 e. The molecule has 0 bridgehead atoms. The second kappa shape index (κ2) is 12.0. The van der Waals surface area contributed by atoms with Crippen LogP contribution in [0.2, 0.25) is 0 Å². The monoisotopic (exact) mass is 342 g/mol. The van der Waals surface area contributed by atoms with E-state index in [-0.39, 0.29) is 6.61 Å². The van der Waals surface area contributed by atoms with Crippen LogP contribution in [0.5, 0.6) is 0 Å². The number of hydrogen-bond acceptors (Lipinski definition) is 6. The highest BCUT2D eigenvalue weighted by Crippen LogP contribution is 2.24. The van der Waals surface area contributed by atoms with E-state index in [1.54, 1.807) is 0 Å². The van der Waals surface area contributed by atoms with Crippen molar-refractivity contribution in [3.05, 3.63) is 11.6 Å². The molecule has 0 saturated heterocycles.